The molecule has 0 radical (unpaired) electrons. The molecule has 0 fully saturated rings. The first kappa shape index (κ1) is 16.6. The van der Waals surface area contributed by atoms with Crippen molar-refractivity contribution < 1.29 is 8.42 Å². The molecule has 8 heteroatoms. The van der Waals surface area contributed by atoms with Crippen LogP contribution >= 0.6 is 23.2 Å². The lowest BCUT2D eigenvalue weighted by atomic mass is 10.1. The highest BCUT2D eigenvalue weighted by Gasteiger charge is 2.21. The predicted octanol–water partition coefficient (Wildman–Crippen LogP) is 2.93. The fraction of sp³-hybridized carbons (Fsp3) is 0.0714. The molecule has 0 aliphatic carbocycles. The molecule has 22 heavy (non-hydrogen) atoms. The monoisotopic (exact) mass is 355 g/mol. The molecular weight excluding hydrogens is 345 g/mol. The van der Waals surface area contributed by atoms with Crippen LogP contribution in [0.15, 0.2) is 41.3 Å². The van der Waals surface area contributed by atoms with Gasteiger partial charge in [0.15, 0.2) is 0 Å². The quantitative estimate of drug-likeness (QED) is 0.824. The molecule has 2 aromatic carbocycles. The number of benzene rings is 2. The van der Waals surface area contributed by atoms with Crippen LogP contribution in [0.5, 0.6) is 0 Å². The van der Waals surface area contributed by atoms with Gasteiger partial charge >= 0.3 is 0 Å². The zero-order valence-electron chi connectivity index (χ0n) is 11.2. The normalized spacial score (nSPS) is 11.1. The van der Waals surface area contributed by atoms with Gasteiger partial charge in [0.05, 0.1) is 22.3 Å². The van der Waals surface area contributed by atoms with Gasteiger partial charge in [-0.2, -0.15) is 5.26 Å². The van der Waals surface area contributed by atoms with Crippen LogP contribution in [0.3, 0.4) is 0 Å². The number of nitrogens with two attached hydrogens (primary N) is 1. The topological polar surface area (TPSA) is 96.0 Å². The molecule has 0 aromatic heterocycles. The van der Waals surface area contributed by atoms with E-state index in [-0.39, 0.29) is 27.2 Å². The molecule has 2 rings (SSSR count). The maximum absolute atomic E-state index is 12.3. The van der Waals surface area contributed by atoms with Crippen LogP contribution in [-0.2, 0) is 16.6 Å². The number of rotatable bonds is 4. The summed E-state index contributed by atoms with van der Waals surface area (Å²) in [5.41, 5.74) is 6.75. The number of nitriles is 1. The summed E-state index contributed by atoms with van der Waals surface area (Å²) in [6.07, 6.45) is 0. The molecular formula is C14H11Cl2N3O2S. The second-order valence-corrected chi connectivity index (χ2v) is 6.99. The van der Waals surface area contributed by atoms with Crippen molar-refractivity contribution in [1.29, 1.82) is 5.26 Å². The van der Waals surface area contributed by atoms with Crippen LogP contribution < -0.4 is 10.5 Å². The number of nitrogen functional groups attached to an aromatic ring is 1. The summed E-state index contributed by atoms with van der Waals surface area (Å²) in [6.45, 7) is 0.0102. The Hall–Kier alpha value is -1.78. The highest BCUT2D eigenvalue weighted by Crippen LogP contribution is 2.31. The van der Waals surface area contributed by atoms with E-state index in [9.17, 15) is 8.42 Å². The van der Waals surface area contributed by atoms with E-state index in [1.54, 1.807) is 24.3 Å². The highest BCUT2D eigenvalue weighted by atomic mass is 35.5. The van der Waals surface area contributed by atoms with Gasteiger partial charge < -0.3 is 5.73 Å². The van der Waals surface area contributed by atoms with Gasteiger partial charge in [0.2, 0.25) is 10.0 Å². The van der Waals surface area contributed by atoms with Crippen LogP contribution in [0.1, 0.15) is 11.1 Å². The van der Waals surface area contributed by atoms with Crippen molar-refractivity contribution >= 4 is 38.9 Å². The number of anilines is 1. The minimum atomic E-state index is -3.90. The number of hydrogen-bond acceptors (Lipinski definition) is 4. The predicted molar refractivity (Wildman–Crippen MR) is 86.1 cm³/mol. The van der Waals surface area contributed by atoms with E-state index in [2.05, 4.69) is 4.72 Å². The number of hydrogen-bond donors (Lipinski definition) is 2. The van der Waals surface area contributed by atoms with Crippen molar-refractivity contribution in [3.8, 4) is 6.07 Å². The van der Waals surface area contributed by atoms with Crippen LogP contribution in [-0.4, -0.2) is 8.42 Å². The summed E-state index contributed by atoms with van der Waals surface area (Å²) < 4.78 is 27.1. The third kappa shape index (κ3) is 3.70. The van der Waals surface area contributed by atoms with Crippen molar-refractivity contribution in [2.75, 3.05) is 5.73 Å². The third-order valence-corrected chi connectivity index (χ3v) is 4.97. The molecule has 3 N–H and O–H groups in total. The van der Waals surface area contributed by atoms with Crippen molar-refractivity contribution in [3.63, 3.8) is 0 Å². The number of halogens is 2. The molecule has 5 nitrogen and oxygen atoms in total. The van der Waals surface area contributed by atoms with Gasteiger partial charge in [0.1, 0.15) is 4.90 Å². The van der Waals surface area contributed by atoms with E-state index in [0.717, 1.165) is 0 Å². The van der Waals surface area contributed by atoms with Crippen molar-refractivity contribution in [2.45, 2.75) is 11.4 Å². The molecule has 114 valence electrons. The average molecular weight is 356 g/mol. The Morgan fingerprint density at radius 1 is 1.23 bits per heavy atom. The molecule has 0 amide bonds. The summed E-state index contributed by atoms with van der Waals surface area (Å²) in [7, 11) is -3.90. The summed E-state index contributed by atoms with van der Waals surface area (Å²) in [4.78, 5) is -0.213. The smallest absolute Gasteiger partial charge is 0.244 e. The van der Waals surface area contributed by atoms with Gasteiger partial charge in [-0.1, -0.05) is 35.3 Å². The molecule has 0 saturated carbocycles. The molecule has 0 heterocycles. The van der Waals surface area contributed by atoms with Crippen molar-refractivity contribution in [2.24, 2.45) is 0 Å². The summed E-state index contributed by atoms with van der Waals surface area (Å²) in [5, 5.41) is 9.03. The summed E-state index contributed by atoms with van der Waals surface area (Å²) in [6, 6.07) is 11.2. The molecule has 0 atom stereocenters. The number of sulfonamides is 1. The minimum Gasteiger partial charge on any atom is -0.398 e. The first-order chi connectivity index (χ1) is 10.3. The molecule has 2 aromatic rings. The van der Waals surface area contributed by atoms with E-state index in [1.807, 2.05) is 6.07 Å². The number of nitrogens with one attached hydrogen (secondary N) is 1. The SMILES string of the molecule is N#Cc1cccc(CNS(=O)(=O)c2c(N)cc(Cl)cc2Cl)c1. The highest BCUT2D eigenvalue weighted by molar-refractivity contribution is 7.89. The van der Waals surface area contributed by atoms with E-state index in [4.69, 9.17) is 34.2 Å². The first-order valence-electron chi connectivity index (χ1n) is 6.07. The molecule has 0 aliphatic rings. The van der Waals surface area contributed by atoms with Gasteiger partial charge in [0.25, 0.3) is 0 Å². The molecule has 0 spiro atoms. The Kier molecular flexibility index (Phi) is 4.94. The van der Waals surface area contributed by atoms with Gasteiger partial charge in [-0.3, -0.25) is 0 Å². The summed E-state index contributed by atoms with van der Waals surface area (Å²) in [5.74, 6) is 0. The average Bonchev–Trinajstić information content (AvgIpc) is 2.44. The largest absolute Gasteiger partial charge is 0.398 e. The first-order valence-corrected chi connectivity index (χ1v) is 8.30. The van der Waals surface area contributed by atoms with Gasteiger partial charge in [0, 0.05) is 11.6 Å². The van der Waals surface area contributed by atoms with E-state index < -0.39 is 10.0 Å². The Morgan fingerprint density at radius 2 is 1.95 bits per heavy atom. The Balaban J connectivity index is 2.27. The standard InChI is InChI=1S/C14H11Cl2N3O2S/c15-11-5-12(16)14(13(18)6-11)22(20,21)19-8-10-3-1-2-9(4-10)7-17/h1-6,19H,8,18H2. The van der Waals surface area contributed by atoms with Gasteiger partial charge in [-0.25, -0.2) is 13.1 Å². The fourth-order valence-corrected chi connectivity index (χ4v) is 3.86. The Bertz CT molecular complexity index is 838. The molecule has 0 saturated heterocycles. The third-order valence-electron chi connectivity index (χ3n) is 2.83. The van der Waals surface area contributed by atoms with E-state index >= 15 is 0 Å². The van der Waals surface area contributed by atoms with E-state index in [1.165, 1.54) is 12.1 Å². The maximum Gasteiger partial charge on any atom is 0.244 e. The van der Waals surface area contributed by atoms with Crippen LogP contribution in [0.2, 0.25) is 10.0 Å². The lowest BCUT2D eigenvalue weighted by Gasteiger charge is -2.11. The lowest BCUT2D eigenvalue weighted by molar-refractivity contribution is 0.582. The zero-order chi connectivity index (χ0) is 16.3. The second kappa shape index (κ2) is 6.55. The zero-order valence-corrected chi connectivity index (χ0v) is 13.5. The molecule has 0 unspecified atom stereocenters. The van der Waals surface area contributed by atoms with E-state index in [0.29, 0.717) is 11.1 Å². The minimum absolute atomic E-state index is 0.0102. The van der Waals surface area contributed by atoms with Crippen LogP contribution in [0.4, 0.5) is 5.69 Å². The maximum atomic E-state index is 12.3. The Labute approximate surface area is 138 Å². The van der Waals surface area contributed by atoms with Crippen molar-refractivity contribution in [3.05, 3.63) is 57.6 Å². The summed E-state index contributed by atoms with van der Waals surface area (Å²) >= 11 is 11.7. The van der Waals surface area contributed by atoms with Crippen LogP contribution in [0, 0.1) is 11.3 Å². The van der Waals surface area contributed by atoms with Crippen LogP contribution in [0.25, 0.3) is 0 Å². The van der Waals surface area contributed by atoms with Gasteiger partial charge in [-0.05, 0) is 29.8 Å². The Morgan fingerprint density at radius 3 is 2.59 bits per heavy atom. The lowest BCUT2D eigenvalue weighted by Crippen LogP contribution is -2.24. The number of nitrogens with zero attached hydrogens (tertiary/aromatic N) is 1. The van der Waals surface area contributed by atoms with Crippen molar-refractivity contribution in [1.82, 2.24) is 4.72 Å². The molecule has 0 aliphatic heterocycles. The fourth-order valence-electron chi connectivity index (χ4n) is 1.87. The van der Waals surface area contributed by atoms with Gasteiger partial charge in [-0.15, -0.1) is 0 Å². The second-order valence-electron chi connectivity index (χ2n) is 4.44. The molecule has 0 bridgehead atoms.